The standard InChI is InChI=1S/C19H23N3O/c23-19(11-6-16-4-2-1-3-5-16)21-17-7-9-18(10-8-17)22-14-12-20-13-15-22/h1-5,7-10,20H,6,11-15H2,(H,21,23). The van der Waals surface area contributed by atoms with Crippen molar-refractivity contribution in [3.8, 4) is 0 Å². The fourth-order valence-electron chi connectivity index (χ4n) is 2.80. The van der Waals surface area contributed by atoms with E-state index in [1.54, 1.807) is 0 Å². The quantitative estimate of drug-likeness (QED) is 0.892. The molecule has 4 nitrogen and oxygen atoms in total. The van der Waals surface area contributed by atoms with E-state index in [-0.39, 0.29) is 5.91 Å². The molecule has 0 aromatic heterocycles. The molecule has 1 amide bonds. The number of hydrogen-bond donors (Lipinski definition) is 2. The van der Waals surface area contributed by atoms with Crippen LogP contribution in [-0.2, 0) is 11.2 Å². The van der Waals surface area contributed by atoms with Crippen molar-refractivity contribution in [1.82, 2.24) is 5.32 Å². The molecule has 1 aliphatic heterocycles. The van der Waals surface area contributed by atoms with E-state index in [2.05, 4.69) is 39.8 Å². The van der Waals surface area contributed by atoms with Crippen LogP contribution < -0.4 is 15.5 Å². The topological polar surface area (TPSA) is 44.4 Å². The van der Waals surface area contributed by atoms with Gasteiger partial charge in [0.15, 0.2) is 0 Å². The summed E-state index contributed by atoms with van der Waals surface area (Å²) in [5, 5.41) is 6.32. The molecule has 0 spiro atoms. The largest absolute Gasteiger partial charge is 0.369 e. The lowest BCUT2D eigenvalue weighted by molar-refractivity contribution is -0.116. The van der Waals surface area contributed by atoms with Crippen molar-refractivity contribution in [3.05, 3.63) is 60.2 Å². The first-order valence-electron chi connectivity index (χ1n) is 8.21. The molecule has 0 saturated carbocycles. The number of nitrogens with zero attached hydrogens (tertiary/aromatic N) is 1. The first-order chi connectivity index (χ1) is 11.3. The molecule has 2 aromatic rings. The Balaban J connectivity index is 1.50. The number of benzene rings is 2. The van der Waals surface area contributed by atoms with Crippen molar-refractivity contribution >= 4 is 17.3 Å². The molecule has 0 unspecified atom stereocenters. The van der Waals surface area contributed by atoms with Gasteiger partial charge in [-0.05, 0) is 36.2 Å². The van der Waals surface area contributed by atoms with Gasteiger partial charge in [-0.15, -0.1) is 0 Å². The van der Waals surface area contributed by atoms with E-state index < -0.39 is 0 Å². The van der Waals surface area contributed by atoms with Crippen LogP contribution in [0.1, 0.15) is 12.0 Å². The Labute approximate surface area is 137 Å². The third kappa shape index (κ3) is 4.57. The molecule has 1 fully saturated rings. The average molecular weight is 309 g/mol. The minimum atomic E-state index is 0.0591. The second kappa shape index (κ2) is 7.79. The maximum absolute atomic E-state index is 12.0. The van der Waals surface area contributed by atoms with Crippen molar-refractivity contribution in [2.75, 3.05) is 36.4 Å². The number of piperazine rings is 1. The second-order valence-corrected chi connectivity index (χ2v) is 5.82. The maximum Gasteiger partial charge on any atom is 0.224 e. The van der Waals surface area contributed by atoms with Gasteiger partial charge in [-0.2, -0.15) is 0 Å². The number of rotatable bonds is 5. The van der Waals surface area contributed by atoms with Gasteiger partial charge < -0.3 is 15.5 Å². The van der Waals surface area contributed by atoms with E-state index in [0.29, 0.717) is 6.42 Å². The molecule has 0 aliphatic carbocycles. The molecule has 4 heteroatoms. The van der Waals surface area contributed by atoms with E-state index in [1.165, 1.54) is 11.3 Å². The molecule has 0 bridgehead atoms. The summed E-state index contributed by atoms with van der Waals surface area (Å²) in [6.07, 6.45) is 1.27. The Morgan fingerprint density at radius 2 is 1.70 bits per heavy atom. The monoisotopic (exact) mass is 309 g/mol. The third-order valence-electron chi connectivity index (χ3n) is 4.12. The number of hydrogen-bond acceptors (Lipinski definition) is 3. The van der Waals surface area contributed by atoms with Crippen molar-refractivity contribution in [1.29, 1.82) is 0 Å². The van der Waals surface area contributed by atoms with Crippen LogP contribution in [0.2, 0.25) is 0 Å². The highest BCUT2D eigenvalue weighted by molar-refractivity contribution is 5.91. The van der Waals surface area contributed by atoms with Crippen molar-refractivity contribution in [3.63, 3.8) is 0 Å². The summed E-state index contributed by atoms with van der Waals surface area (Å²) in [6, 6.07) is 18.2. The van der Waals surface area contributed by atoms with Crippen molar-refractivity contribution < 1.29 is 4.79 Å². The maximum atomic E-state index is 12.0. The fraction of sp³-hybridized carbons (Fsp3) is 0.316. The molecule has 3 rings (SSSR count). The number of anilines is 2. The van der Waals surface area contributed by atoms with Gasteiger partial charge in [0.05, 0.1) is 0 Å². The highest BCUT2D eigenvalue weighted by Gasteiger charge is 2.10. The van der Waals surface area contributed by atoms with Crippen LogP contribution in [-0.4, -0.2) is 32.1 Å². The molecular formula is C19H23N3O. The zero-order chi connectivity index (χ0) is 15.9. The Hall–Kier alpha value is -2.33. The predicted molar refractivity (Wildman–Crippen MR) is 94.9 cm³/mol. The molecule has 23 heavy (non-hydrogen) atoms. The van der Waals surface area contributed by atoms with Gasteiger partial charge in [0.25, 0.3) is 0 Å². The number of amides is 1. The zero-order valence-corrected chi connectivity index (χ0v) is 13.3. The van der Waals surface area contributed by atoms with Gasteiger partial charge in [0.1, 0.15) is 0 Å². The van der Waals surface area contributed by atoms with Crippen molar-refractivity contribution in [2.45, 2.75) is 12.8 Å². The SMILES string of the molecule is O=C(CCc1ccccc1)Nc1ccc(N2CCNCC2)cc1. The summed E-state index contributed by atoms with van der Waals surface area (Å²) in [4.78, 5) is 14.4. The molecule has 0 radical (unpaired) electrons. The van der Waals surface area contributed by atoms with Crippen LogP contribution in [0.3, 0.4) is 0 Å². The highest BCUT2D eigenvalue weighted by Crippen LogP contribution is 2.18. The van der Waals surface area contributed by atoms with E-state index >= 15 is 0 Å². The number of carbonyl (C=O) groups excluding carboxylic acids is 1. The molecule has 2 aromatic carbocycles. The second-order valence-electron chi connectivity index (χ2n) is 5.82. The van der Waals surface area contributed by atoms with Gasteiger partial charge in [0.2, 0.25) is 5.91 Å². The minimum Gasteiger partial charge on any atom is -0.369 e. The van der Waals surface area contributed by atoms with E-state index in [4.69, 9.17) is 0 Å². The normalized spacial score (nSPS) is 14.5. The first kappa shape index (κ1) is 15.6. The van der Waals surface area contributed by atoms with Gasteiger partial charge in [0, 0.05) is 44.0 Å². The summed E-state index contributed by atoms with van der Waals surface area (Å²) in [6.45, 7) is 4.11. The highest BCUT2D eigenvalue weighted by atomic mass is 16.1. The smallest absolute Gasteiger partial charge is 0.224 e. The lowest BCUT2D eigenvalue weighted by Gasteiger charge is -2.29. The van der Waals surface area contributed by atoms with Crippen molar-refractivity contribution in [2.24, 2.45) is 0 Å². The average Bonchev–Trinajstić information content (AvgIpc) is 2.62. The Bertz CT molecular complexity index is 619. The van der Waals surface area contributed by atoms with Crippen LogP contribution in [0, 0.1) is 0 Å². The molecule has 0 atom stereocenters. The van der Waals surface area contributed by atoms with E-state index in [0.717, 1.165) is 38.3 Å². The Morgan fingerprint density at radius 1 is 1.00 bits per heavy atom. The van der Waals surface area contributed by atoms with Gasteiger partial charge in [-0.1, -0.05) is 30.3 Å². The summed E-state index contributed by atoms with van der Waals surface area (Å²) < 4.78 is 0. The summed E-state index contributed by atoms with van der Waals surface area (Å²) in [5.74, 6) is 0.0591. The fourth-order valence-corrected chi connectivity index (χ4v) is 2.80. The lowest BCUT2D eigenvalue weighted by atomic mass is 10.1. The van der Waals surface area contributed by atoms with Crippen LogP contribution in [0.4, 0.5) is 11.4 Å². The molecule has 1 aliphatic rings. The summed E-state index contributed by atoms with van der Waals surface area (Å²) in [7, 11) is 0. The summed E-state index contributed by atoms with van der Waals surface area (Å²) in [5.41, 5.74) is 3.27. The molecule has 2 N–H and O–H groups in total. The number of aryl methyl sites for hydroxylation is 1. The molecule has 1 saturated heterocycles. The minimum absolute atomic E-state index is 0.0591. The van der Waals surface area contributed by atoms with Gasteiger partial charge in [-0.3, -0.25) is 4.79 Å². The van der Waals surface area contributed by atoms with Gasteiger partial charge >= 0.3 is 0 Å². The van der Waals surface area contributed by atoms with Crippen LogP contribution in [0.25, 0.3) is 0 Å². The Morgan fingerprint density at radius 3 is 2.39 bits per heavy atom. The van der Waals surface area contributed by atoms with E-state index in [1.807, 2.05) is 30.3 Å². The number of carbonyl (C=O) groups is 1. The van der Waals surface area contributed by atoms with E-state index in [9.17, 15) is 4.79 Å². The van der Waals surface area contributed by atoms with Crippen LogP contribution >= 0.6 is 0 Å². The third-order valence-corrected chi connectivity index (χ3v) is 4.12. The lowest BCUT2D eigenvalue weighted by Crippen LogP contribution is -2.43. The summed E-state index contributed by atoms with van der Waals surface area (Å²) >= 11 is 0. The molecule has 120 valence electrons. The van der Waals surface area contributed by atoms with Gasteiger partial charge in [-0.25, -0.2) is 0 Å². The molecular weight excluding hydrogens is 286 g/mol. The Kier molecular flexibility index (Phi) is 5.27. The van der Waals surface area contributed by atoms with Crippen LogP contribution in [0.15, 0.2) is 54.6 Å². The first-order valence-corrected chi connectivity index (χ1v) is 8.21. The predicted octanol–water partition coefficient (Wildman–Crippen LogP) is 2.67. The van der Waals surface area contributed by atoms with Crippen LogP contribution in [0.5, 0.6) is 0 Å². The number of nitrogens with one attached hydrogen (secondary N) is 2. The zero-order valence-electron chi connectivity index (χ0n) is 13.3. The molecule has 1 heterocycles.